The Morgan fingerprint density at radius 3 is 2.33 bits per heavy atom. The Labute approximate surface area is 59.6 Å². The maximum atomic E-state index is 10.6. The van der Waals surface area contributed by atoms with Crippen molar-refractivity contribution in [2.24, 2.45) is 0 Å². The zero-order valence-electron chi connectivity index (χ0n) is 5.43. The summed E-state index contributed by atoms with van der Waals surface area (Å²) in [5, 5.41) is 5.26. The van der Waals surface area contributed by atoms with Crippen LogP contribution in [-0.4, -0.2) is 16.9 Å². The van der Waals surface area contributed by atoms with Gasteiger partial charge in [-0.15, -0.1) is 0 Å². The van der Waals surface area contributed by atoms with E-state index in [0.717, 1.165) is 0 Å². The van der Waals surface area contributed by atoms with Crippen molar-refractivity contribution in [3.05, 3.63) is 0 Å². The molecule has 1 fully saturated rings. The molecule has 1 unspecified atom stereocenters. The molecule has 1 aliphatic heterocycles. The van der Waals surface area contributed by atoms with Crippen molar-refractivity contribution in [1.82, 2.24) is 10.6 Å². The fraction of sp³-hybridized carbons (Fsp3) is 0.800. The molecule has 2 N–H and O–H groups in total. The van der Waals surface area contributed by atoms with Gasteiger partial charge < -0.3 is 10.6 Å². The molecule has 0 radical (unpaired) electrons. The van der Waals surface area contributed by atoms with Crippen molar-refractivity contribution in [2.75, 3.05) is 0 Å². The second kappa shape index (κ2) is 1.80. The number of urea groups is 1. The molecule has 0 aromatic heterocycles. The van der Waals surface area contributed by atoms with Crippen LogP contribution in [0, 0.1) is 0 Å². The third-order valence-corrected chi connectivity index (χ3v) is 2.16. The Bertz CT molecular complexity index is 146. The van der Waals surface area contributed by atoms with Gasteiger partial charge in [-0.05, 0) is 13.8 Å². The van der Waals surface area contributed by atoms with Gasteiger partial charge in [0, 0.05) is 0 Å². The van der Waals surface area contributed by atoms with Crippen LogP contribution in [0.25, 0.3) is 0 Å². The molecule has 3 nitrogen and oxygen atoms in total. The molecule has 52 valence electrons. The van der Waals surface area contributed by atoms with Crippen LogP contribution in [0.4, 0.5) is 4.79 Å². The molecule has 1 aliphatic rings. The molecule has 1 saturated heterocycles. The van der Waals surface area contributed by atoms with Gasteiger partial charge in [0.25, 0.3) is 0 Å². The van der Waals surface area contributed by atoms with Gasteiger partial charge in [0.15, 0.2) is 0 Å². The van der Waals surface area contributed by atoms with Crippen molar-refractivity contribution in [2.45, 2.75) is 24.8 Å². The summed E-state index contributed by atoms with van der Waals surface area (Å²) in [6, 6.07) is -0.139. The topological polar surface area (TPSA) is 41.1 Å². The minimum absolute atomic E-state index is 0.0787. The Hall–Kier alpha value is -0.380. The Kier molecular flexibility index (Phi) is 1.35. The quantitative estimate of drug-likeness (QED) is 0.424. The first kappa shape index (κ1) is 6.74. The Morgan fingerprint density at radius 1 is 1.67 bits per heavy atom. The van der Waals surface area contributed by atoms with Gasteiger partial charge in [0.05, 0.1) is 10.9 Å². The first-order valence-corrected chi connectivity index (χ1v) is 3.31. The summed E-state index contributed by atoms with van der Waals surface area (Å²) in [4.78, 5) is 10.6. The second-order valence-electron chi connectivity index (χ2n) is 2.72. The van der Waals surface area contributed by atoms with E-state index in [2.05, 4.69) is 23.3 Å². The monoisotopic (exact) mass is 146 g/mol. The Morgan fingerprint density at radius 2 is 2.22 bits per heavy atom. The van der Waals surface area contributed by atoms with Crippen molar-refractivity contribution < 1.29 is 4.79 Å². The van der Waals surface area contributed by atoms with E-state index in [-0.39, 0.29) is 16.9 Å². The van der Waals surface area contributed by atoms with Crippen LogP contribution in [0.1, 0.15) is 13.8 Å². The second-order valence-corrected chi connectivity index (χ2v) is 3.24. The zero-order valence-corrected chi connectivity index (χ0v) is 6.33. The van der Waals surface area contributed by atoms with Crippen molar-refractivity contribution >= 4 is 18.7 Å². The molecule has 4 heteroatoms. The third-order valence-electron chi connectivity index (χ3n) is 1.39. The van der Waals surface area contributed by atoms with E-state index < -0.39 is 0 Å². The van der Waals surface area contributed by atoms with Crippen LogP contribution in [0.5, 0.6) is 0 Å². The van der Waals surface area contributed by atoms with Gasteiger partial charge >= 0.3 is 6.03 Å². The standard InChI is InChI=1S/C5H10N2OS/c1-5(2)3(9)6-4(8)7-5/h3,9H,1-2H3,(H2,6,7,8). The average Bonchev–Trinajstić information content (AvgIpc) is 1.79. The third kappa shape index (κ3) is 1.13. The van der Waals surface area contributed by atoms with Crippen LogP contribution in [-0.2, 0) is 0 Å². The van der Waals surface area contributed by atoms with Gasteiger partial charge in [0.1, 0.15) is 0 Å². The normalized spacial score (nSPS) is 31.4. The van der Waals surface area contributed by atoms with E-state index in [1.165, 1.54) is 0 Å². The summed E-state index contributed by atoms with van der Waals surface area (Å²) in [5.41, 5.74) is -0.222. The molecule has 0 aromatic rings. The van der Waals surface area contributed by atoms with Crippen molar-refractivity contribution in [3.63, 3.8) is 0 Å². The highest BCUT2D eigenvalue weighted by molar-refractivity contribution is 7.81. The van der Waals surface area contributed by atoms with Gasteiger partial charge in [-0.2, -0.15) is 12.6 Å². The zero-order chi connectivity index (χ0) is 7.07. The molecule has 0 bridgehead atoms. The molecule has 0 saturated carbocycles. The number of hydrogen-bond acceptors (Lipinski definition) is 2. The predicted molar refractivity (Wildman–Crippen MR) is 38.5 cm³/mol. The highest BCUT2D eigenvalue weighted by Crippen LogP contribution is 2.16. The number of nitrogens with one attached hydrogen (secondary N) is 2. The minimum Gasteiger partial charge on any atom is -0.330 e. The van der Waals surface area contributed by atoms with E-state index in [1.807, 2.05) is 13.8 Å². The lowest BCUT2D eigenvalue weighted by atomic mass is 10.1. The number of rotatable bonds is 0. The van der Waals surface area contributed by atoms with Gasteiger partial charge in [-0.3, -0.25) is 0 Å². The van der Waals surface area contributed by atoms with Crippen LogP contribution in [0.15, 0.2) is 0 Å². The molecule has 0 aliphatic carbocycles. The molecule has 0 spiro atoms. The van der Waals surface area contributed by atoms with E-state index >= 15 is 0 Å². The van der Waals surface area contributed by atoms with Crippen molar-refractivity contribution in [1.29, 1.82) is 0 Å². The van der Waals surface area contributed by atoms with Gasteiger partial charge in [-0.1, -0.05) is 0 Å². The number of amides is 2. The molecule has 0 aromatic carbocycles. The first-order chi connectivity index (χ1) is 4.02. The molecule has 1 atom stereocenters. The molecule has 1 heterocycles. The SMILES string of the molecule is CC1(C)NC(=O)NC1S. The lowest BCUT2D eigenvalue weighted by molar-refractivity contribution is 0.246. The highest BCUT2D eigenvalue weighted by Gasteiger charge is 2.35. The number of carbonyl (C=O) groups excluding carboxylic acids is 1. The lowest BCUT2D eigenvalue weighted by Crippen LogP contribution is -2.40. The molecular weight excluding hydrogens is 136 g/mol. The lowest BCUT2D eigenvalue weighted by Gasteiger charge is -2.20. The highest BCUT2D eigenvalue weighted by atomic mass is 32.1. The average molecular weight is 146 g/mol. The van der Waals surface area contributed by atoms with E-state index in [4.69, 9.17) is 0 Å². The van der Waals surface area contributed by atoms with Gasteiger partial charge in [0.2, 0.25) is 0 Å². The fourth-order valence-corrected chi connectivity index (χ4v) is 0.883. The van der Waals surface area contributed by atoms with Crippen molar-refractivity contribution in [3.8, 4) is 0 Å². The number of hydrogen-bond donors (Lipinski definition) is 3. The summed E-state index contributed by atoms with van der Waals surface area (Å²) in [6.07, 6.45) is 0. The minimum atomic E-state index is -0.222. The van der Waals surface area contributed by atoms with E-state index in [0.29, 0.717) is 0 Å². The summed E-state index contributed by atoms with van der Waals surface area (Å²) in [5.74, 6) is 0. The maximum Gasteiger partial charge on any atom is 0.316 e. The molecule has 9 heavy (non-hydrogen) atoms. The van der Waals surface area contributed by atoms with E-state index in [9.17, 15) is 4.79 Å². The smallest absolute Gasteiger partial charge is 0.316 e. The van der Waals surface area contributed by atoms with Crippen LogP contribution in [0.3, 0.4) is 0 Å². The molecular formula is C5H10N2OS. The number of thiol groups is 1. The Balaban J connectivity index is 2.69. The first-order valence-electron chi connectivity index (χ1n) is 2.79. The molecule has 2 amide bonds. The van der Waals surface area contributed by atoms with Gasteiger partial charge in [-0.25, -0.2) is 4.79 Å². The fourth-order valence-electron chi connectivity index (χ4n) is 0.702. The summed E-state index contributed by atoms with van der Waals surface area (Å²) in [7, 11) is 0. The predicted octanol–water partition coefficient (Wildman–Crippen LogP) is 0.334. The van der Waals surface area contributed by atoms with Crippen LogP contribution < -0.4 is 10.6 Å². The summed E-state index contributed by atoms with van der Waals surface area (Å²) >= 11 is 4.14. The molecule has 1 rings (SSSR count). The summed E-state index contributed by atoms with van der Waals surface area (Å²) < 4.78 is 0. The van der Waals surface area contributed by atoms with Crippen LogP contribution >= 0.6 is 12.6 Å². The maximum absolute atomic E-state index is 10.6. The largest absolute Gasteiger partial charge is 0.330 e. The number of carbonyl (C=O) groups is 1. The van der Waals surface area contributed by atoms with E-state index in [1.54, 1.807) is 0 Å². The van der Waals surface area contributed by atoms with Crippen LogP contribution in [0.2, 0.25) is 0 Å². The summed E-state index contributed by atoms with van der Waals surface area (Å²) in [6.45, 7) is 3.84.